The van der Waals surface area contributed by atoms with Crippen LogP contribution in [0.5, 0.6) is 0 Å². The van der Waals surface area contributed by atoms with Gasteiger partial charge in [0, 0.05) is 38.3 Å². The van der Waals surface area contributed by atoms with Crippen molar-refractivity contribution in [3.05, 3.63) is 52.9 Å². The number of piperazine rings is 1. The molecule has 3 rings (SSSR count). The molecule has 2 heterocycles. The first kappa shape index (κ1) is 14.3. The maximum atomic E-state index is 6.08. The standard InChI is InChI=1S/C16H19ClN4/c1-13-15(17)18-12-19-16(13)21-9-7-20(8-10-21)11-14-5-3-2-4-6-14/h2-6,12H,7-11H2,1H3. The predicted molar refractivity (Wildman–Crippen MR) is 85.7 cm³/mol. The smallest absolute Gasteiger partial charge is 0.137 e. The van der Waals surface area contributed by atoms with Gasteiger partial charge in [-0.25, -0.2) is 9.97 Å². The average Bonchev–Trinajstić information content (AvgIpc) is 2.52. The Labute approximate surface area is 130 Å². The van der Waals surface area contributed by atoms with Crippen molar-refractivity contribution in [2.45, 2.75) is 13.5 Å². The lowest BCUT2D eigenvalue weighted by Gasteiger charge is -2.36. The van der Waals surface area contributed by atoms with Gasteiger partial charge in [0.2, 0.25) is 0 Å². The Kier molecular flexibility index (Phi) is 4.36. The number of nitrogens with zero attached hydrogens (tertiary/aromatic N) is 4. The van der Waals surface area contributed by atoms with Crippen LogP contribution in [0.3, 0.4) is 0 Å². The number of rotatable bonds is 3. The highest BCUT2D eigenvalue weighted by molar-refractivity contribution is 6.30. The summed E-state index contributed by atoms with van der Waals surface area (Å²) < 4.78 is 0. The van der Waals surface area contributed by atoms with Gasteiger partial charge in [0.05, 0.1) is 0 Å². The third-order valence-corrected chi connectivity index (χ3v) is 4.30. The fourth-order valence-corrected chi connectivity index (χ4v) is 2.83. The van der Waals surface area contributed by atoms with Crippen LogP contribution in [0, 0.1) is 6.92 Å². The second-order valence-corrected chi connectivity index (χ2v) is 5.72. The summed E-state index contributed by atoms with van der Waals surface area (Å²) in [6.07, 6.45) is 1.54. The second-order valence-electron chi connectivity index (χ2n) is 5.36. The zero-order valence-corrected chi connectivity index (χ0v) is 12.9. The number of benzene rings is 1. The Balaban J connectivity index is 1.61. The third kappa shape index (κ3) is 3.34. The van der Waals surface area contributed by atoms with Gasteiger partial charge in [-0.2, -0.15) is 0 Å². The van der Waals surface area contributed by atoms with Crippen LogP contribution >= 0.6 is 11.6 Å². The molecule has 1 saturated heterocycles. The molecule has 110 valence electrons. The first-order valence-corrected chi connectivity index (χ1v) is 7.60. The van der Waals surface area contributed by atoms with E-state index in [0.29, 0.717) is 5.15 Å². The summed E-state index contributed by atoms with van der Waals surface area (Å²) in [5.41, 5.74) is 2.34. The SMILES string of the molecule is Cc1c(Cl)ncnc1N1CCN(Cc2ccccc2)CC1. The molecule has 0 radical (unpaired) electrons. The lowest BCUT2D eigenvalue weighted by atomic mass is 10.2. The Bertz CT molecular complexity index is 594. The Morgan fingerprint density at radius 3 is 2.48 bits per heavy atom. The molecule has 0 bridgehead atoms. The molecule has 0 saturated carbocycles. The first-order valence-electron chi connectivity index (χ1n) is 7.22. The molecule has 4 nitrogen and oxygen atoms in total. The molecule has 0 aliphatic carbocycles. The van der Waals surface area contributed by atoms with Gasteiger partial charge in [0.15, 0.2) is 0 Å². The van der Waals surface area contributed by atoms with Gasteiger partial charge in [-0.05, 0) is 12.5 Å². The summed E-state index contributed by atoms with van der Waals surface area (Å²) >= 11 is 6.08. The summed E-state index contributed by atoms with van der Waals surface area (Å²) in [6, 6.07) is 10.6. The number of aromatic nitrogens is 2. The van der Waals surface area contributed by atoms with Gasteiger partial charge in [-0.3, -0.25) is 4.90 Å². The molecule has 21 heavy (non-hydrogen) atoms. The first-order chi connectivity index (χ1) is 10.2. The number of anilines is 1. The molecule has 1 aliphatic heterocycles. The molecule has 1 aromatic carbocycles. The number of hydrogen-bond acceptors (Lipinski definition) is 4. The fourth-order valence-electron chi connectivity index (χ4n) is 2.70. The quantitative estimate of drug-likeness (QED) is 0.816. The van der Waals surface area contributed by atoms with Crippen molar-refractivity contribution in [3.8, 4) is 0 Å². The molecule has 1 fully saturated rings. The minimum Gasteiger partial charge on any atom is -0.354 e. The van der Waals surface area contributed by atoms with E-state index in [4.69, 9.17) is 11.6 Å². The zero-order chi connectivity index (χ0) is 14.7. The largest absolute Gasteiger partial charge is 0.354 e. The van der Waals surface area contributed by atoms with Crippen LogP contribution < -0.4 is 4.90 Å². The van der Waals surface area contributed by atoms with E-state index >= 15 is 0 Å². The molecule has 5 heteroatoms. The fraction of sp³-hybridized carbons (Fsp3) is 0.375. The molecular weight excluding hydrogens is 284 g/mol. The summed E-state index contributed by atoms with van der Waals surface area (Å²) in [6.45, 7) is 7.01. The number of hydrogen-bond donors (Lipinski definition) is 0. The van der Waals surface area contributed by atoms with E-state index < -0.39 is 0 Å². The maximum Gasteiger partial charge on any atom is 0.137 e. The van der Waals surface area contributed by atoms with Crippen molar-refractivity contribution in [2.75, 3.05) is 31.1 Å². The monoisotopic (exact) mass is 302 g/mol. The van der Waals surface area contributed by atoms with Gasteiger partial charge in [-0.1, -0.05) is 41.9 Å². The van der Waals surface area contributed by atoms with Crippen molar-refractivity contribution in [3.63, 3.8) is 0 Å². The lowest BCUT2D eigenvalue weighted by Crippen LogP contribution is -2.46. The van der Waals surface area contributed by atoms with Crippen LogP contribution in [-0.2, 0) is 6.54 Å². The van der Waals surface area contributed by atoms with E-state index in [0.717, 1.165) is 44.1 Å². The molecule has 0 N–H and O–H groups in total. The van der Waals surface area contributed by atoms with Crippen molar-refractivity contribution < 1.29 is 0 Å². The molecular formula is C16H19ClN4. The molecule has 0 unspecified atom stereocenters. The van der Waals surface area contributed by atoms with E-state index in [1.54, 1.807) is 6.33 Å². The van der Waals surface area contributed by atoms with E-state index in [2.05, 4.69) is 50.1 Å². The predicted octanol–water partition coefficient (Wildman–Crippen LogP) is 2.76. The summed E-state index contributed by atoms with van der Waals surface area (Å²) in [5, 5.41) is 0.548. The van der Waals surface area contributed by atoms with Crippen LogP contribution in [-0.4, -0.2) is 41.0 Å². The maximum absolute atomic E-state index is 6.08. The van der Waals surface area contributed by atoms with Gasteiger partial charge in [-0.15, -0.1) is 0 Å². The normalized spacial score (nSPS) is 16.2. The van der Waals surface area contributed by atoms with Crippen molar-refractivity contribution in [1.82, 2.24) is 14.9 Å². The van der Waals surface area contributed by atoms with Crippen molar-refractivity contribution in [1.29, 1.82) is 0 Å². The minimum atomic E-state index is 0.548. The van der Waals surface area contributed by atoms with Crippen LogP contribution in [0.4, 0.5) is 5.82 Å². The molecule has 0 amide bonds. The minimum absolute atomic E-state index is 0.548. The lowest BCUT2D eigenvalue weighted by molar-refractivity contribution is 0.249. The summed E-state index contributed by atoms with van der Waals surface area (Å²) in [7, 11) is 0. The van der Waals surface area contributed by atoms with Gasteiger partial charge < -0.3 is 4.90 Å². The average molecular weight is 303 g/mol. The van der Waals surface area contributed by atoms with E-state index in [1.807, 2.05) is 6.92 Å². The Morgan fingerprint density at radius 1 is 1.05 bits per heavy atom. The highest BCUT2D eigenvalue weighted by Crippen LogP contribution is 2.23. The number of halogens is 1. The van der Waals surface area contributed by atoms with Crippen LogP contribution in [0.25, 0.3) is 0 Å². The van der Waals surface area contributed by atoms with Crippen molar-refractivity contribution >= 4 is 17.4 Å². The molecule has 1 aliphatic rings. The van der Waals surface area contributed by atoms with Gasteiger partial charge in [0.1, 0.15) is 17.3 Å². The highest BCUT2D eigenvalue weighted by Gasteiger charge is 2.20. The summed E-state index contributed by atoms with van der Waals surface area (Å²) in [5.74, 6) is 0.967. The van der Waals surface area contributed by atoms with Gasteiger partial charge >= 0.3 is 0 Å². The van der Waals surface area contributed by atoms with Crippen LogP contribution in [0.2, 0.25) is 5.15 Å². The van der Waals surface area contributed by atoms with Crippen molar-refractivity contribution in [2.24, 2.45) is 0 Å². The van der Waals surface area contributed by atoms with Gasteiger partial charge in [0.25, 0.3) is 0 Å². The zero-order valence-electron chi connectivity index (χ0n) is 12.2. The second kappa shape index (κ2) is 6.41. The molecule has 0 atom stereocenters. The highest BCUT2D eigenvalue weighted by atomic mass is 35.5. The van der Waals surface area contributed by atoms with E-state index in [9.17, 15) is 0 Å². The Morgan fingerprint density at radius 2 is 1.76 bits per heavy atom. The molecule has 0 spiro atoms. The van der Waals surface area contributed by atoms with Crippen LogP contribution in [0.1, 0.15) is 11.1 Å². The molecule has 2 aromatic rings. The van der Waals surface area contributed by atoms with Crippen LogP contribution in [0.15, 0.2) is 36.7 Å². The molecule has 1 aromatic heterocycles. The Hall–Kier alpha value is -1.65. The summed E-state index contributed by atoms with van der Waals surface area (Å²) in [4.78, 5) is 13.2. The topological polar surface area (TPSA) is 32.3 Å². The van der Waals surface area contributed by atoms with E-state index in [-0.39, 0.29) is 0 Å². The third-order valence-electron chi connectivity index (χ3n) is 3.92. The van der Waals surface area contributed by atoms with E-state index in [1.165, 1.54) is 5.56 Å².